The largest absolute Gasteiger partial charge is 0.483 e. The van der Waals surface area contributed by atoms with Crippen LogP contribution in [0.3, 0.4) is 0 Å². The van der Waals surface area contributed by atoms with Gasteiger partial charge in [-0.25, -0.2) is 0 Å². The van der Waals surface area contributed by atoms with Crippen LogP contribution in [-0.4, -0.2) is 25.0 Å². The third-order valence-corrected chi connectivity index (χ3v) is 4.04. The van der Waals surface area contributed by atoms with Gasteiger partial charge in [-0.15, -0.1) is 0 Å². The van der Waals surface area contributed by atoms with Crippen LogP contribution < -0.4 is 15.4 Å². The van der Waals surface area contributed by atoms with Gasteiger partial charge in [-0.3, -0.25) is 9.59 Å². The molecule has 0 saturated heterocycles. The summed E-state index contributed by atoms with van der Waals surface area (Å²) in [7, 11) is 0. The first-order chi connectivity index (χ1) is 12.8. The number of benzene rings is 2. The molecule has 2 aromatic rings. The lowest BCUT2D eigenvalue weighted by Crippen LogP contribution is -2.27. The van der Waals surface area contributed by atoms with Gasteiger partial charge in [0.05, 0.1) is 11.3 Å². The van der Waals surface area contributed by atoms with E-state index in [1.807, 2.05) is 31.2 Å². The third-order valence-electron chi connectivity index (χ3n) is 4.04. The van der Waals surface area contributed by atoms with Crippen LogP contribution in [0.4, 0.5) is 5.69 Å². The molecule has 0 saturated carbocycles. The highest BCUT2D eigenvalue weighted by Gasteiger charge is 2.19. The van der Waals surface area contributed by atoms with Gasteiger partial charge < -0.3 is 15.4 Å². The van der Waals surface area contributed by atoms with Gasteiger partial charge in [0.2, 0.25) is 0 Å². The highest BCUT2D eigenvalue weighted by Crippen LogP contribution is 2.30. The summed E-state index contributed by atoms with van der Waals surface area (Å²) >= 11 is 0. The molecule has 0 spiro atoms. The number of ether oxygens (including phenoxy) is 1. The molecule has 0 heterocycles. The summed E-state index contributed by atoms with van der Waals surface area (Å²) in [4.78, 5) is 24.6. The summed E-state index contributed by atoms with van der Waals surface area (Å²) in [6.07, 6.45) is 0.849. The zero-order valence-corrected chi connectivity index (χ0v) is 16.5. The van der Waals surface area contributed by atoms with Gasteiger partial charge in [0.15, 0.2) is 6.61 Å². The normalized spacial score (nSPS) is 11.0. The Morgan fingerprint density at radius 1 is 1.00 bits per heavy atom. The van der Waals surface area contributed by atoms with E-state index in [9.17, 15) is 9.59 Å². The van der Waals surface area contributed by atoms with Crippen molar-refractivity contribution in [1.82, 2.24) is 5.32 Å². The average Bonchev–Trinajstić information content (AvgIpc) is 2.64. The summed E-state index contributed by atoms with van der Waals surface area (Å²) in [5, 5.41) is 5.59. The Morgan fingerprint density at radius 2 is 1.67 bits per heavy atom. The van der Waals surface area contributed by atoms with Gasteiger partial charge in [0, 0.05) is 6.54 Å². The number of nitrogens with one attached hydrogen (secondary N) is 2. The van der Waals surface area contributed by atoms with Gasteiger partial charge in [-0.2, -0.15) is 0 Å². The first kappa shape index (κ1) is 20.5. The van der Waals surface area contributed by atoms with Crippen LogP contribution >= 0.6 is 0 Å². The molecule has 5 heteroatoms. The standard InChI is InChI=1S/C22H28N2O3/c1-5-14-23-21(26)16-10-6-8-12-18(16)24-20(25)15-27-19-13-9-7-11-17(19)22(2,3)4/h6-13H,5,14-15H2,1-4H3,(H,23,26)(H,24,25). The van der Waals surface area contributed by atoms with Crippen molar-refractivity contribution in [1.29, 1.82) is 0 Å². The van der Waals surface area contributed by atoms with E-state index < -0.39 is 0 Å². The SMILES string of the molecule is CCCNC(=O)c1ccccc1NC(=O)COc1ccccc1C(C)(C)C. The monoisotopic (exact) mass is 368 g/mol. The van der Waals surface area contributed by atoms with Crippen molar-refractivity contribution in [2.75, 3.05) is 18.5 Å². The van der Waals surface area contributed by atoms with Gasteiger partial charge >= 0.3 is 0 Å². The number of hydrogen-bond donors (Lipinski definition) is 2. The Hall–Kier alpha value is -2.82. The Bertz CT molecular complexity index is 794. The second-order valence-corrected chi connectivity index (χ2v) is 7.38. The maximum Gasteiger partial charge on any atom is 0.262 e. The number of carbonyl (C=O) groups excluding carboxylic acids is 2. The molecule has 0 atom stereocenters. The number of hydrogen-bond acceptors (Lipinski definition) is 3. The average molecular weight is 368 g/mol. The van der Waals surface area contributed by atoms with Crippen molar-refractivity contribution in [2.24, 2.45) is 0 Å². The molecule has 0 fully saturated rings. The van der Waals surface area contributed by atoms with E-state index in [0.29, 0.717) is 23.5 Å². The van der Waals surface area contributed by atoms with Crippen molar-refractivity contribution < 1.29 is 14.3 Å². The fourth-order valence-electron chi connectivity index (χ4n) is 2.67. The molecule has 0 aliphatic rings. The molecule has 2 rings (SSSR count). The van der Waals surface area contributed by atoms with Gasteiger partial charge in [-0.1, -0.05) is 58.0 Å². The van der Waals surface area contributed by atoms with Crippen molar-refractivity contribution >= 4 is 17.5 Å². The van der Waals surface area contributed by atoms with Crippen LogP contribution in [-0.2, 0) is 10.2 Å². The highest BCUT2D eigenvalue weighted by atomic mass is 16.5. The molecule has 2 N–H and O–H groups in total. The maximum atomic E-state index is 12.4. The maximum absolute atomic E-state index is 12.4. The minimum Gasteiger partial charge on any atom is -0.483 e. The van der Waals surface area contributed by atoms with Gasteiger partial charge in [0.1, 0.15) is 5.75 Å². The molecule has 5 nitrogen and oxygen atoms in total. The number of rotatable bonds is 7. The molecule has 0 aromatic heterocycles. The molecule has 0 bridgehead atoms. The molecule has 27 heavy (non-hydrogen) atoms. The Kier molecular flexibility index (Phi) is 6.99. The number of para-hydroxylation sites is 2. The highest BCUT2D eigenvalue weighted by molar-refractivity contribution is 6.04. The molecular weight excluding hydrogens is 340 g/mol. The van der Waals surface area contributed by atoms with E-state index in [1.54, 1.807) is 24.3 Å². The molecule has 0 aliphatic heterocycles. The van der Waals surface area contributed by atoms with E-state index in [4.69, 9.17) is 4.74 Å². The number of amides is 2. The zero-order chi connectivity index (χ0) is 19.9. The van der Waals surface area contributed by atoms with Crippen LogP contribution in [0.5, 0.6) is 5.75 Å². The van der Waals surface area contributed by atoms with Crippen LogP contribution in [0.2, 0.25) is 0 Å². The van der Waals surface area contributed by atoms with E-state index >= 15 is 0 Å². The predicted molar refractivity (Wildman–Crippen MR) is 108 cm³/mol. The summed E-state index contributed by atoms with van der Waals surface area (Å²) in [5.74, 6) is 0.176. The van der Waals surface area contributed by atoms with Crippen LogP contribution in [0.1, 0.15) is 50.0 Å². The van der Waals surface area contributed by atoms with Gasteiger partial charge in [-0.05, 0) is 35.6 Å². The molecule has 0 radical (unpaired) electrons. The second kappa shape index (κ2) is 9.21. The van der Waals surface area contributed by atoms with E-state index in [0.717, 1.165) is 12.0 Å². The predicted octanol–water partition coefficient (Wildman–Crippen LogP) is 4.14. The lowest BCUT2D eigenvalue weighted by molar-refractivity contribution is -0.118. The fraction of sp³-hybridized carbons (Fsp3) is 0.364. The number of anilines is 1. The smallest absolute Gasteiger partial charge is 0.262 e. The van der Waals surface area contributed by atoms with E-state index in [-0.39, 0.29) is 23.8 Å². The Morgan fingerprint density at radius 3 is 2.37 bits per heavy atom. The Labute approximate surface area is 161 Å². The van der Waals surface area contributed by atoms with Crippen molar-refractivity contribution in [3.63, 3.8) is 0 Å². The zero-order valence-electron chi connectivity index (χ0n) is 16.5. The second-order valence-electron chi connectivity index (χ2n) is 7.38. The van der Waals surface area contributed by atoms with E-state index in [2.05, 4.69) is 31.4 Å². The first-order valence-electron chi connectivity index (χ1n) is 9.22. The van der Waals surface area contributed by atoms with Crippen molar-refractivity contribution in [2.45, 2.75) is 39.5 Å². The fourth-order valence-corrected chi connectivity index (χ4v) is 2.67. The summed E-state index contributed by atoms with van der Waals surface area (Å²) in [6, 6.07) is 14.7. The first-order valence-corrected chi connectivity index (χ1v) is 9.22. The minimum absolute atomic E-state index is 0.0863. The molecule has 2 amide bonds. The topological polar surface area (TPSA) is 67.4 Å². The lowest BCUT2D eigenvalue weighted by atomic mass is 9.86. The van der Waals surface area contributed by atoms with Crippen LogP contribution in [0.15, 0.2) is 48.5 Å². The van der Waals surface area contributed by atoms with Crippen molar-refractivity contribution in [3.05, 3.63) is 59.7 Å². The van der Waals surface area contributed by atoms with Crippen molar-refractivity contribution in [3.8, 4) is 5.75 Å². The molecular formula is C22H28N2O3. The van der Waals surface area contributed by atoms with E-state index in [1.165, 1.54) is 0 Å². The quantitative estimate of drug-likeness (QED) is 0.772. The van der Waals surface area contributed by atoms with Gasteiger partial charge in [0.25, 0.3) is 11.8 Å². The summed E-state index contributed by atoms with van der Waals surface area (Å²) < 4.78 is 5.75. The molecule has 0 unspecified atom stereocenters. The summed E-state index contributed by atoms with van der Waals surface area (Å²) in [5.41, 5.74) is 1.87. The van der Waals surface area contributed by atoms with Crippen LogP contribution in [0, 0.1) is 0 Å². The lowest BCUT2D eigenvalue weighted by Gasteiger charge is -2.22. The van der Waals surface area contributed by atoms with Crippen LogP contribution in [0.25, 0.3) is 0 Å². The molecule has 0 aliphatic carbocycles. The summed E-state index contributed by atoms with van der Waals surface area (Å²) in [6.45, 7) is 8.74. The third kappa shape index (κ3) is 5.84. The Balaban J connectivity index is 2.05. The molecule has 2 aromatic carbocycles. The number of carbonyl (C=O) groups is 2. The minimum atomic E-state index is -0.311. The molecule has 144 valence electrons.